The highest BCUT2D eigenvalue weighted by atomic mass is 35.5. The SMILES string of the molecule is COCCN(C)c1ncc2c(n1)NC1(CCNCC1)C(NCc1cccc(Cl)c1)=N2. The third-order valence-corrected chi connectivity index (χ3v) is 5.81. The van der Waals surface area contributed by atoms with Crippen molar-refractivity contribution in [3.05, 3.63) is 41.0 Å². The molecule has 1 aromatic carbocycles. The average Bonchev–Trinajstić information content (AvgIpc) is 2.76. The van der Waals surface area contributed by atoms with E-state index in [4.69, 9.17) is 26.3 Å². The van der Waals surface area contributed by atoms with Crippen molar-refractivity contribution in [1.82, 2.24) is 20.6 Å². The normalized spacial score (nSPS) is 17.1. The standard InChI is InChI=1S/C21H28ClN7O/c1-29(10-11-30-2)20-25-14-17-18(27-20)28-21(6-8-23-9-7-21)19(26-17)24-13-15-4-3-5-16(22)12-15/h3-5,12,14,23H,6-11,13H2,1-2H3,(H,24,26)(H,25,27,28). The number of fused-ring (bicyclic) bond motifs is 1. The van der Waals surface area contributed by atoms with Gasteiger partial charge in [0.25, 0.3) is 0 Å². The number of ether oxygens (including phenoxy) is 1. The van der Waals surface area contributed by atoms with Crippen molar-refractivity contribution in [2.24, 2.45) is 4.99 Å². The highest BCUT2D eigenvalue weighted by Gasteiger charge is 2.41. The summed E-state index contributed by atoms with van der Waals surface area (Å²) >= 11 is 6.14. The largest absolute Gasteiger partial charge is 0.383 e. The number of halogens is 1. The van der Waals surface area contributed by atoms with E-state index < -0.39 is 0 Å². The lowest BCUT2D eigenvalue weighted by atomic mass is 9.85. The van der Waals surface area contributed by atoms with Gasteiger partial charge in [-0.1, -0.05) is 23.7 Å². The molecule has 3 N–H and O–H groups in total. The summed E-state index contributed by atoms with van der Waals surface area (Å²) < 4.78 is 5.16. The summed E-state index contributed by atoms with van der Waals surface area (Å²) in [4.78, 5) is 16.2. The summed E-state index contributed by atoms with van der Waals surface area (Å²) in [7, 11) is 3.65. The number of aromatic nitrogens is 2. The van der Waals surface area contributed by atoms with Crippen LogP contribution in [-0.2, 0) is 11.3 Å². The Hall–Kier alpha value is -2.42. The van der Waals surface area contributed by atoms with E-state index in [0.29, 0.717) is 19.1 Å². The molecule has 0 aliphatic carbocycles. The number of hydrogen-bond donors (Lipinski definition) is 3. The van der Waals surface area contributed by atoms with Gasteiger partial charge >= 0.3 is 0 Å². The summed E-state index contributed by atoms with van der Waals surface area (Å²) in [6, 6.07) is 7.88. The second kappa shape index (κ2) is 9.16. The lowest BCUT2D eigenvalue weighted by Crippen LogP contribution is -2.58. The van der Waals surface area contributed by atoms with Gasteiger partial charge in [0.05, 0.1) is 18.3 Å². The molecule has 1 aromatic heterocycles. The molecule has 1 spiro atoms. The number of aliphatic imine (C=N–C) groups is 1. The quantitative estimate of drug-likeness (QED) is 0.650. The zero-order valence-corrected chi connectivity index (χ0v) is 18.2. The number of likely N-dealkylation sites (N-methyl/N-ethyl adjacent to an activating group) is 1. The fourth-order valence-corrected chi connectivity index (χ4v) is 4.04. The maximum atomic E-state index is 6.14. The first-order valence-electron chi connectivity index (χ1n) is 10.2. The Morgan fingerprint density at radius 1 is 1.30 bits per heavy atom. The van der Waals surface area contributed by atoms with E-state index in [-0.39, 0.29) is 5.54 Å². The van der Waals surface area contributed by atoms with Crippen LogP contribution in [0.2, 0.25) is 5.02 Å². The molecule has 1 fully saturated rings. The van der Waals surface area contributed by atoms with Gasteiger partial charge < -0.3 is 25.6 Å². The number of amidine groups is 1. The molecule has 160 valence electrons. The Morgan fingerprint density at radius 2 is 2.13 bits per heavy atom. The molecule has 8 nitrogen and oxygen atoms in total. The maximum absolute atomic E-state index is 6.14. The van der Waals surface area contributed by atoms with Crippen LogP contribution in [0.5, 0.6) is 0 Å². The van der Waals surface area contributed by atoms with Crippen molar-refractivity contribution < 1.29 is 4.74 Å². The molecule has 30 heavy (non-hydrogen) atoms. The van der Waals surface area contributed by atoms with Crippen LogP contribution in [0.15, 0.2) is 35.5 Å². The molecule has 2 aliphatic heterocycles. The Labute approximate surface area is 182 Å². The predicted octanol–water partition coefficient (Wildman–Crippen LogP) is 2.58. The molecule has 1 saturated heterocycles. The van der Waals surface area contributed by atoms with Crippen molar-refractivity contribution in [3.8, 4) is 0 Å². The monoisotopic (exact) mass is 429 g/mol. The molecular weight excluding hydrogens is 402 g/mol. The van der Waals surface area contributed by atoms with Crippen molar-refractivity contribution >= 4 is 34.9 Å². The smallest absolute Gasteiger partial charge is 0.227 e. The van der Waals surface area contributed by atoms with E-state index >= 15 is 0 Å². The Balaban J connectivity index is 1.60. The van der Waals surface area contributed by atoms with E-state index in [1.54, 1.807) is 13.3 Å². The molecule has 9 heteroatoms. The third kappa shape index (κ3) is 4.50. The minimum atomic E-state index is -0.270. The second-order valence-electron chi connectivity index (χ2n) is 7.72. The highest BCUT2D eigenvalue weighted by Crippen LogP contribution is 2.36. The van der Waals surface area contributed by atoms with E-state index in [1.807, 2.05) is 30.1 Å². The molecule has 4 rings (SSSR count). The molecule has 0 amide bonds. The summed E-state index contributed by atoms with van der Waals surface area (Å²) in [5.74, 6) is 2.37. The van der Waals surface area contributed by atoms with Crippen molar-refractivity contribution in [1.29, 1.82) is 0 Å². The molecule has 0 bridgehead atoms. The lowest BCUT2D eigenvalue weighted by molar-refractivity contribution is 0.206. The number of nitrogens with zero attached hydrogens (tertiary/aromatic N) is 4. The van der Waals surface area contributed by atoms with Gasteiger partial charge in [-0.05, 0) is 43.6 Å². The Kier molecular flexibility index (Phi) is 6.36. The molecule has 0 saturated carbocycles. The summed E-state index contributed by atoms with van der Waals surface area (Å²) in [6.07, 6.45) is 3.63. The first-order valence-corrected chi connectivity index (χ1v) is 10.6. The number of hydrogen-bond acceptors (Lipinski definition) is 8. The maximum Gasteiger partial charge on any atom is 0.227 e. The topological polar surface area (TPSA) is 86.7 Å². The lowest BCUT2D eigenvalue weighted by Gasteiger charge is -2.42. The van der Waals surface area contributed by atoms with E-state index in [1.165, 1.54) is 0 Å². The second-order valence-corrected chi connectivity index (χ2v) is 8.16. The first-order chi connectivity index (χ1) is 14.6. The minimum Gasteiger partial charge on any atom is -0.383 e. The van der Waals surface area contributed by atoms with Crippen molar-refractivity contribution in [2.45, 2.75) is 24.9 Å². The van der Waals surface area contributed by atoms with Crippen LogP contribution in [0, 0.1) is 0 Å². The minimum absolute atomic E-state index is 0.270. The number of benzene rings is 1. The number of rotatable bonds is 6. The molecule has 0 unspecified atom stereocenters. The van der Waals surface area contributed by atoms with Gasteiger partial charge in [0.1, 0.15) is 11.5 Å². The molecular formula is C21H28ClN7O. The van der Waals surface area contributed by atoms with E-state index in [9.17, 15) is 0 Å². The van der Waals surface area contributed by atoms with Crippen molar-refractivity contribution in [3.63, 3.8) is 0 Å². The number of nitrogens with one attached hydrogen (secondary N) is 3. The van der Waals surface area contributed by atoms with Gasteiger partial charge in [0.2, 0.25) is 5.95 Å². The number of methoxy groups -OCH3 is 1. The summed E-state index contributed by atoms with van der Waals surface area (Å²) in [5.41, 5.74) is 1.59. The molecule has 0 atom stereocenters. The van der Waals surface area contributed by atoms with Crippen LogP contribution in [-0.4, -0.2) is 61.7 Å². The van der Waals surface area contributed by atoms with E-state index in [0.717, 1.165) is 60.4 Å². The Morgan fingerprint density at radius 3 is 2.90 bits per heavy atom. The molecule has 3 heterocycles. The van der Waals surface area contributed by atoms with Gasteiger partial charge in [-0.15, -0.1) is 0 Å². The molecule has 0 radical (unpaired) electrons. The van der Waals surface area contributed by atoms with Crippen LogP contribution in [0.4, 0.5) is 17.5 Å². The fraction of sp³-hybridized carbons (Fsp3) is 0.476. The van der Waals surface area contributed by atoms with Crippen LogP contribution >= 0.6 is 11.6 Å². The number of piperidine rings is 1. The fourth-order valence-electron chi connectivity index (χ4n) is 3.82. The van der Waals surface area contributed by atoms with E-state index in [2.05, 4.69) is 27.0 Å². The summed E-state index contributed by atoms with van der Waals surface area (Å²) in [5, 5.41) is 11.4. The zero-order valence-electron chi connectivity index (χ0n) is 17.4. The zero-order chi connectivity index (χ0) is 21.0. The average molecular weight is 430 g/mol. The van der Waals surface area contributed by atoms with Gasteiger partial charge in [-0.2, -0.15) is 4.98 Å². The molecule has 2 aromatic rings. The molecule has 2 aliphatic rings. The van der Waals surface area contributed by atoms with Gasteiger partial charge in [-0.3, -0.25) is 0 Å². The van der Waals surface area contributed by atoms with Crippen LogP contribution < -0.4 is 20.9 Å². The van der Waals surface area contributed by atoms with Crippen LogP contribution in [0.3, 0.4) is 0 Å². The van der Waals surface area contributed by atoms with Gasteiger partial charge in [0.15, 0.2) is 5.82 Å². The predicted molar refractivity (Wildman–Crippen MR) is 121 cm³/mol. The van der Waals surface area contributed by atoms with Gasteiger partial charge in [-0.25, -0.2) is 9.98 Å². The van der Waals surface area contributed by atoms with Crippen LogP contribution in [0.25, 0.3) is 0 Å². The van der Waals surface area contributed by atoms with Crippen molar-refractivity contribution in [2.75, 3.05) is 50.6 Å². The van der Waals surface area contributed by atoms with Gasteiger partial charge in [0, 0.05) is 32.3 Å². The van der Waals surface area contributed by atoms with Crippen LogP contribution in [0.1, 0.15) is 18.4 Å². The first kappa shape index (κ1) is 20.8. The summed E-state index contributed by atoms with van der Waals surface area (Å²) in [6.45, 7) is 3.85. The third-order valence-electron chi connectivity index (χ3n) is 5.58. The Bertz CT molecular complexity index is 914. The number of anilines is 2. The highest BCUT2D eigenvalue weighted by molar-refractivity contribution is 6.30.